The third kappa shape index (κ3) is 1.48. The molecule has 0 spiro atoms. The maximum Gasteiger partial charge on any atom is 0.0637 e. The van der Waals surface area contributed by atoms with Crippen LogP contribution in [0, 0.1) is 0 Å². The van der Waals surface area contributed by atoms with Gasteiger partial charge in [-0.2, -0.15) is 12.6 Å². The van der Waals surface area contributed by atoms with Crippen molar-refractivity contribution < 1.29 is 0 Å². The van der Waals surface area contributed by atoms with Gasteiger partial charge in [0.2, 0.25) is 0 Å². The first kappa shape index (κ1) is 8.11. The van der Waals surface area contributed by atoms with E-state index in [-0.39, 0.29) is 4.75 Å². The van der Waals surface area contributed by atoms with Gasteiger partial charge in [-0.3, -0.25) is 4.99 Å². The first-order chi connectivity index (χ1) is 5.67. The second-order valence-electron chi connectivity index (χ2n) is 3.68. The number of rotatable bonds is 0. The van der Waals surface area contributed by atoms with Crippen LogP contribution in [0.25, 0.3) is 0 Å². The first-order valence-electron chi connectivity index (χ1n) is 4.35. The summed E-state index contributed by atoms with van der Waals surface area (Å²) < 4.78 is -0.155. The molecular weight excluding hydrogens is 166 g/mol. The third-order valence-electron chi connectivity index (χ3n) is 2.34. The van der Waals surface area contributed by atoms with Crippen molar-refractivity contribution in [1.29, 1.82) is 0 Å². The average molecular weight is 179 g/mol. The fourth-order valence-electron chi connectivity index (χ4n) is 1.77. The van der Waals surface area contributed by atoms with Gasteiger partial charge in [0.25, 0.3) is 0 Å². The SMILES string of the molecule is CC1(S)C=NC=C2CCCC2=C1. The number of fused-ring (bicyclic) bond motifs is 1. The molecular formula is C10H13NS. The van der Waals surface area contributed by atoms with Gasteiger partial charge in [0, 0.05) is 12.4 Å². The van der Waals surface area contributed by atoms with E-state index in [1.54, 1.807) is 0 Å². The normalized spacial score (nSPS) is 33.8. The summed E-state index contributed by atoms with van der Waals surface area (Å²) in [4.78, 5) is 4.25. The van der Waals surface area contributed by atoms with Crippen LogP contribution in [0.3, 0.4) is 0 Å². The number of nitrogens with zero attached hydrogens (tertiary/aromatic N) is 1. The number of thiol groups is 1. The fraction of sp³-hybridized carbons (Fsp3) is 0.500. The second kappa shape index (κ2) is 2.77. The van der Waals surface area contributed by atoms with Crippen molar-refractivity contribution in [3.63, 3.8) is 0 Å². The van der Waals surface area contributed by atoms with Crippen LogP contribution in [0.15, 0.2) is 28.4 Å². The Kier molecular flexibility index (Phi) is 1.87. The molecule has 2 rings (SSSR count). The zero-order valence-corrected chi connectivity index (χ0v) is 8.14. The van der Waals surface area contributed by atoms with E-state index < -0.39 is 0 Å². The zero-order chi connectivity index (χ0) is 8.60. The van der Waals surface area contributed by atoms with Crippen LogP contribution in [0.4, 0.5) is 0 Å². The van der Waals surface area contributed by atoms with Crippen molar-refractivity contribution in [3.05, 3.63) is 23.4 Å². The summed E-state index contributed by atoms with van der Waals surface area (Å²) in [6.45, 7) is 2.07. The molecule has 12 heavy (non-hydrogen) atoms. The molecule has 1 nitrogen and oxygen atoms in total. The maximum absolute atomic E-state index is 4.51. The van der Waals surface area contributed by atoms with Crippen molar-refractivity contribution >= 4 is 18.8 Å². The molecule has 1 unspecified atom stereocenters. The average Bonchev–Trinajstić information content (AvgIpc) is 2.31. The highest BCUT2D eigenvalue weighted by molar-refractivity contribution is 7.82. The minimum absolute atomic E-state index is 0.155. The van der Waals surface area contributed by atoms with E-state index in [1.165, 1.54) is 30.4 Å². The van der Waals surface area contributed by atoms with Crippen molar-refractivity contribution in [1.82, 2.24) is 0 Å². The lowest BCUT2D eigenvalue weighted by atomic mass is 10.1. The molecule has 0 N–H and O–H groups in total. The predicted molar refractivity (Wildman–Crippen MR) is 55.9 cm³/mol. The molecule has 0 amide bonds. The standard InChI is InChI=1S/C10H13NS/c1-10(12)5-8-3-2-4-9(8)6-11-7-10/h5-7,12H,2-4H2,1H3. The largest absolute Gasteiger partial charge is 0.267 e. The predicted octanol–water partition coefficient (Wildman–Crippen LogP) is 2.75. The van der Waals surface area contributed by atoms with Crippen LogP contribution in [-0.2, 0) is 0 Å². The van der Waals surface area contributed by atoms with Crippen LogP contribution in [0.2, 0.25) is 0 Å². The van der Waals surface area contributed by atoms with Crippen molar-refractivity contribution in [2.75, 3.05) is 0 Å². The summed E-state index contributed by atoms with van der Waals surface area (Å²) in [6, 6.07) is 0. The Bertz CT molecular complexity index is 284. The van der Waals surface area contributed by atoms with Crippen LogP contribution < -0.4 is 0 Å². The summed E-state index contributed by atoms with van der Waals surface area (Å²) in [6.07, 6.45) is 9.77. The number of aliphatic imine (C=N–C) groups is 1. The van der Waals surface area contributed by atoms with E-state index in [4.69, 9.17) is 0 Å². The van der Waals surface area contributed by atoms with Crippen molar-refractivity contribution in [2.24, 2.45) is 4.99 Å². The summed E-state index contributed by atoms with van der Waals surface area (Å²) in [7, 11) is 0. The number of hydrogen-bond donors (Lipinski definition) is 1. The molecule has 0 radical (unpaired) electrons. The van der Waals surface area contributed by atoms with Gasteiger partial charge in [-0.25, -0.2) is 0 Å². The van der Waals surface area contributed by atoms with Gasteiger partial charge in [0.15, 0.2) is 0 Å². The Morgan fingerprint density at radius 1 is 1.42 bits per heavy atom. The quantitative estimate of drug-likeness (QED) is 0.549. The van der Waals surface area contributed by atoms with Gasteiger partial charge in [0.05, 0.1) is 4.75 Å². The number of hydrogen-bond acceptors (Lipinski definition) is 2. The fourth-order valence-corrected chi connectivity index (χ4v) is 1.99. The van der Waals surface area contributed by atoms with E-state index in [0.29, 0.717) is 0 Å². The topological polar surface area (TPSA) is 12.4 Å². The molecule has 1 fully saturated rings. The molecule has 1 atom stereocenters. The van der Waals surface area contributed by atoms with E-state index in [1.807, 2.05) is 12.4 Å². The first-order valence-corrected chi connectivity index (χ1v) is 4.80. The molecule has 1 aliphatic carbocycles. The van der Waals surface area contributed by atoms with Gasteiger partial charge in [-0.1, -0.05) is 6.08 Å². The highest BCUT2D eigenvalue weighted by atomic mass is 32.1. The third-order valence-corrected chi connectivity index (χ3v) is 2.58. The number of allylic oxidation sites excluding steroid dienone is 2. The Morgan fingerprint density at radius 2 is 2.17 bits per heavy atom. The highest BCUT2D eigenvalue weighted by Gasteiger charge is 2.21. The minimum Gasteiger partial charge on any atom is -0.267 e. The summed E-state index contributed by atoms with van der Waals surface area (Å²) in [5.41, 5.74) is 2.86. The maximum atomic E-state index is 4.51. The molecule has 0 aromatic rings. The lowest BCUT2D eigenvalue weighted by molar-refractivity contribution is 0.925. The van der Waals surface area contributed by atoms with E-state index in [9.17, 15) is 0 Å². The summed E-state index contributed by atoms with van der Waals surface area (Å²) in [5.74, 6) is 0. The van der Waals surface area contributed by atoms with Gasteiger partial charge in [-0.05, 0) is 37.3 Å². The molecule has 1 aliphatic heterocycles. The molecule has 0 bridgehead atoms. The summed E-state index contributed by atoms with van der Waals surface area (Å²) >= 11 is 4.51. The Morgan fingerprint density at radius 3 is 3.00 bits per heavy atom. The van der Waals surface area contributed by atoms with Crippen LogP contribution in [0.1, 0.15) is 26.2 Å². The van der Waals surface area contributed by atoms with Gasteiger partial charge in [0.1, 0.15) is 0 Å². The van der Waals surface area contributed by atoms with Crippen LogP contribution in [0.5, 0.6) is 0 Å². The van der Waals surface area contributed by atoms with Gasteiger partial charge in [-0.15, -0.1) is 0 Å². The smallest absolute Gasteiger partial charge is 0.0637 e. The lowest BCUT2D eigenvalue weighted by Gasteiger charge is -2.12. The minimum atomic E-state index is -0.155. The zero-order valence-electron chi connectivity index (χ0n) is 7.25. The molecule has 1 heterocycles. The van der Waals surface area contributed by atoms with Crippen molar-refractivity contribution in [3.8, 4) is 0 Å². The molecule has 0 saturated heterocycles. The van der Waals surface area contributed by atoms with Gasteiger partial charge < -0.3 is 0 Å². The van der Waals surface area contributed by atoms with Crippen molar-refractivity contribution in [2.45, 2.75) is 30.9 Å². The molecule has 0 aromatic carbocycles. The van der Waals surface area contributed by atoms with Crippen LogP contribution in [-0.4, -0.2) is 11.0 Å². The molecule has 64 valence electrons. The Balaban J connectivity index is 2.40. The van der Waals surface area contributed by atoms with Crippen LogP contribution >= 0.6 is 12.6 Å². The van der Waals surface area contributed by atoms with E-state index in [0.717, 1.165) is 0 Å². The molecule has 2 aliphatic rings. The van der Waals surface area contributed by atoms with E-state index in [2.05, 4.69) is 30.6 Å². The monoisotopic (exact) mass is 179 g/mol. The Hall–Kier alpha value is -0.500. The Labute approximate surface area is 78.7 Å². The van der Waals surface area contributed by atoms with Gasteiger partial charge >= 0.3 is 0 Å². The second-order valence-corrected chi connectivity index (χ2v) is 4.65. The van der Waals surface area contributed by atoms with E-state index >= 15 is 0 Å². The molecule has 2 heteroatoms. The highest BCUT2D eigenvalue weighted by Crippen LogP contribution is 2.34. The summed E-state index contributed by atoms with van der Waals surface area (Å²) in [5, 5.41) is 0. The molecule has 1 saturated carbocycles. The molecule has 0 aromatic heterocycles. The lowest BCUT2D eigenvalue weighted by Crippen LogP contribution is -2.14.